The first-order valence-electron chi connectivity index (χ1n) is 5.62. The van der Waals surface area contributed by atoms with E-state index in [1.807, 2.05) is 0 Å². The smallest absolute Gasteiger partial charge is 0.159 e. The lowest BCUT2D eigenvalue weighted by Crippen LogP contribution is -2.18. The number of rotatable bonds is 2. The largest absolute Gasteiger partial charge is 0.204 e. The minimum atomic E-state index is -0.816. The molecule has 0 saturated heterocycles. The summed E-state index contributed by atoms with van der Waals surface area (Å²) >= 11 is 6.39. The highest BCUT2D eigenvalue weighted by Crippen LogP contribution is 2.50. The Kier molecular flexibility index (Phi) is 3.20. The number of halogens is 3. The molecule has 1 atom stereocenters. The van der Waals surface area contributed by atoms with Crippen molar-refractivity contribution in [3.8, 4) is 0 Å². The molecular weight excluding hydrogens is 230 g/mol. The molecule has 16 heavy (non-hydrogen) atoms. The zero-order valence-electron chi connectivity index (χ0n) is 9.27. The van der Waals surface area contributed by atoms with E-state index in [4.69, 9.17) is 11.6 Å². The van der Waals surface area contributed by atoms with Gasteiger partial charge in [0.2, 0.25) is 0 Å². The van der Waals surface area contributed by atoms with Crippen LogP contribution in [0.5, 0.6) is 0 Å². The fourth-order valence-electron chi connectivity index (χ4n) is 2.51. The maximum absolute atomic E-state index is 13.1. The monoisotopic (exact) mass is 244 g/mol. The molecule has 1 aliphatic rings. The Morgan fingerprint density at radius 2 is 1.81 bits per heavy atom. The summed E-state index contributed by atoms with van der Waals surface area (Å²) in [5, 5.41) is -0.231. The van der Waals surface area contributed by atoms with Gasteiger partial charge >= 0.3 is 0 Å². The van der Waals surface area contributed by atoms with Crippen molar-refractivity contribution in [2.45, 2.75) is 38.0 Å². The molecule has 1 saturated carbocycles. The third kappa shape index (κ3) is 2.08. The molecule has 0 N–H and O–H groups in total. The van der Waals surface area contributed by atoms with Crippen molar-refractivity contribution in [2.75, 3.05) is 0 Å². The second-order valence-corrected chi connectivity index (χ2v) is 5.33. The van der Waals surface area contributed by atoms with Crippen molar-refractivity contribution in [2.24, 2.45) is 5.41 Å². The Balaban J connectivity index is 2.26. The van der Waals surface area contributed by atoms with Crippen LogP contribution in [-0.2, 0) is 0 Å². The van der Waals surface area contributed by atoms with E-state index in [1.54, 1.807) is 6.07 Å². The van der Waals surface area contributed by atoms with Crippen molar-refractivity contribution in [1.82, 2.24) is 0 Å². The molecule has 0 aliphatic heterocycles. The quantitative estimate of drug-likeness (QED) is 0.654. The molecule has 1 unspecified atom stereocenters. The summed E-state index contributed by atoms with van der Waals surface area (Å²) in [7, 11) is 0. The Morgan fingerprint density at radius 3 is 2.38 bits per heavy atom. The first kappa shape index (κ1) is 11.8. The first-order valence-corrected chi connectivity index (χ1v) is 6.06. The molecule has 0 aromatic heterocycles. The highest BCUT2D eigenvalue weighted by Gasteiger charge is 2.36. The van der Waals surface area contributed by atoms with E-state index >= 15 is 0 Å². The highest BCUT2D eigenvalue weighted by atomic mass is 35.5. The summed E-state index contributed by atoms with van der Waals surface area (Å²) in [6.07, 6.45) is 4.45. The minimum Gasteiger partial charge on any atom is -0.204 e. The van der Waals surface area contributed by atoms with Crippen LogP contribution in [-0.4, -0.2) is 0 Å². The van der Waals surface area contributed by atoms with Gasteiger partial charge in [-0.25, -0.2) is 8.78 Å². The van der Waals surface area contributed by atoms with E-state index in [0.29, 0.717) is 5.56 Å². The van der Waals surface area contributed by atoms with Crippen LogP contribution in [0.15, 0.2) is 18.2 Å². The van der Waals surface area contributed by atoms with Crippen LogP contribution in [0.1, 0.15) is 43.5 Å². The molecule has 0 bridgehead atoms. The standard InChI is InChI=1S/C13H15ClF2/c1-13(6-2-3-7-13)12(14)9-4-5-10(15)11(16)8-9/h4-5,8,12H,2-3,6-7H2,1H3. The van der Waals surface area contributed by atoms with Gasteiger partial charge in [0, 0.05) is 0 Å². The number of alkyl halides is 1. The van der Waals surface area contributed by atoms with E-state index in [1.165, 1.54) is 18.9 Å². The second-order valence-electron chi connectivity index (χ2n) is 4.90. The van der Waals surface area contributed by atoms with Crippen LogP contribution in [0.4, 0.5) is 8.78 Å². The summed E-state index contributed by atoms with van der Waals surface area (Å²) in [5.41, 5.74) is 0.705. The molecule has 0 radical (unpaired) electrons. The predicted octanol–water partition coefficient (Wildman–Crippen LogP) is 4.83. The Labute approximate surface area is 99.6 Å². The van der Waals surface area contributed by atoms with Crippen LogP contribution < -0.4 is 0 Å². The van der Waals surface area contributed by atoms with Gasteiger partial charge in [-0.2, -0.15) is 0 Å². The van der Waals surface area contributed by atoms with Crippen molar-refractivity contribution >= 4 is 11.6 Å². The Morgan fingerprint density at radius 1 is 1.19 bits per heavy atom. The van der Waals surface area contributed by atoms with Gasteiger partial charge < -0.3 is 0 Å². The third-order valence-electron chi connectivity index (χ3n) is 3.59. The lowest BCUT2D eigenvalue weighted by atomic mass is 9.81. The molecule has 2 rings (SSSR count). The molecule has 0 heterocycles. The lowest BCUT2D eigenvalue weighted by molar-refractivity contribution is 0.321. The Hall–Kier alpha value is -0.630. The summed E-state index contributed by atoms with van der Waals surface area (Å²) < 4.78 is 25.9. The molecule has 1 fully saturated rings. The van der Waals surface area contributed by atoms with Crippen molar-refractivity contribution in [3.63, 3.8) is 0 Å². The average Bonchev–Trinajstić information content (AvgIpc) is 2.70. The molecule has 1 aliphatic carbocycles. The Bertz CT molecular complexity index is 384. The van der Waals surface area contributed by atoms with Gasteiger partial charge in [0.1, 0.15) is 0 Å². The van der Waals surface area contributed by atoms with E-state index in [0.717, 1.165) is 18.9 Å². The second kappa shape index (κ2) is 4.33. The van der Waals surface area contributed by atoms with E-state index in [9.17, 15) is 8.78 Å². The van der Waals surface area contributed by atoms with Crippen LogP contribution in [0.2, 0.25) is 0 Å². The van der Waals surface area contributed by atoms with E-state index < -0.39 is 11.6 Å². The summed E-state index contributed by atoms with van der Waals surface area (Å²) in [6, 6.07) is 3.95. The van der Waals surface area contributed by atoms with Crippen LogP contribution >= 0.6 is 11.6 Å². The fraction of sp³-hybridized carbons (Fsp3) is 0.538. The van der Waals surface area contributed by atoms with E-state index in [-0.39, 0.29) is 10.8 Å². The number of hydrogen-bond donors (Lipinski definition) is 0. The van der Waals surface area contributed by atoms with Crippen LogP contribution in [0.25, 0.3) is 0 Å². The molecule has 3 heteroatoms. The fourth-order valence-corrected chi connectivity index (χ4v) is 2.86. The zero-order chi connectivity index (χ0) is 11.8. The maximum atomic E-state index is 13.1. The van der Waals surface area contributed by atoms with Crippen molar-refractivity contribution < 1.29 is 8.78 Å². The molecule has 0 spiro atoms. The van der Waals surface area contributed by atoms with Gasteiger partial charge in [0.05, 0.1) is 5.38 Å². The molecular formula is C13H15ClF2. The molecule has 0 amide bonds. The first-order chi connectivity index (χ1) is 7.53. The van der Waals surface area contributed by atoms with Gasteiger partial charge in [-0.1, -0.05) is 25.8 Å². The van der Waals surface area contributed by atoms with Gasteiger partial charge in [-0.05, 0) is 36.0 Å². The van der Waals surface area contributed by atoms with Gasteiger partial charge in [0.25, 0.3) is 0 Å². The highest BCUT2D eigenvalue weighted by molar-refractivity contribution is 6.21. The average molecular weight is 245 g/mol. The summed E-state index contributed by atoms with van der Waals surface area (Å²) in [6.45, 7) is 2.12. The number of hydrogen-bond acceptors (Lipinski definition) is 0. The maximum Gasteiger partial charge on any atom is 0.159 e. The minimum absolute atomic E-state index is 0.0197. The lowest BCUT2D eigenvalue weighted by Gasteiger charge is -2.29. The normalized spacial score (nSPS) is 21.0. The van der Waals surface area contributed by atoms with Crippen LogP contribution in [0.3, 0.4) is 0 Å². The number of benzene rings is 1. The third-order valence-corrected chi connectivity index (χ3v) is 4.37. The molecule has 1 aromatic rings. The summed E-state index contributed by atoms with van der Waals surface area (Å²) in [5.74, 6) is -1.63. The zero-order valence-corrected chi connectivity index (χ0v) is 10.0. The molecule has 0 nitrogen and oxygen atoms in total. The molecule has 88 valence electrons. The topological polar surface area (TPSA) is 0 Å². The summed E-state index contributed by atoms with van der Waals surface area (Å²) in [4.78, 5) is 0. The van der Waals surface area contributed by atoms with Gasteiger partial charge in [-0.15, -0.1) is 11.6 Å². The molecule has 1 aromatic carbocycles. The van der Waals surface area contributed by atoms with Gasteiger partial charge in [0.15, 0.2) is 11.6 Å². The van der Waals surface area contributed by atoms with Gasteiger partial charge in [-0.3, -0.25) is 0 Å². The van der Waals surface area contributed by atoms with Crippen molar-refractivity contribution in [1.29, 1.82) is 0 Å². The van der Waals surface area contributed by atoms with E-state index in [2.05, 4.69) is 6.92 Å². The SMILES string of the molecule is CC1(C(Cl)c2ccc(F)c(F)c2)CCCC1. The van der Waals surface area contributed by atoms with Crippen molar-refractivity contribution in [3.05, 3.63) is 35.4 Å². The van der Waals surface area contributed by atoms with Crippen LogP contribution in [0, 0.1) is 17.0 Å². The predicted molar refractivity (Wildman–Crippen MR) is 61.5 cm³/mol.